The van der Waals surface area contributed by atoms with Gasteiger partial charge in [0.1, 0.15) is 5.82 Å². The predicted molar refractivity (Wildman–Crippen MR) is 67.4 cm³/mol. The Hall–Kier alpha value is -1.42. The molecule has 17 heavy (non-hydrogen) atoms. The van der Waals surface area contributed by atoms with E-state index in [4.69, 9.17) is 0 Å². The Bertz CT molecular complexity index is 374. The Morgan fingerprint density at radius 2 is 1.88 bits per heavy atom. The molecule has 0 saturated carbocycles. The standard InChI is InChI=1S/C13H19FN2O/c1-4-13(2,3)15-9-12(17)16-11-7-5-10(14)6-8-11/h5-8,15H,4,9H2,1-3H3,(H,16,17). The smallest absolute Gasteiger partial charge is 0.238 e. The number of anilines is 1. The molecule has 0 unspecified atom stereocenters. The van der Waals surface area contributed by atoms with Crippen LogP contribution in [0.4, 0.5) is 10.1 Å². The van der Waals surface area contributed by atoms with Crippen molar-refractivity contribution in [2.75, 3.05) is 11.9 Å². The molecule has 94 valence electrons. The largest absolute Gasteiger partial charge is 0.325 e. The van der Waals surface area contributed by atoms with E-state index in [2.05, 4.69) is 17.6 Å². The van der Waals surface area contributed by atoms with Gasteiger partial charge in [0.2, 0.25) is 5.91 Å². The highest BCUT2D eigenvalue weighted by Crippen LogP contribution is 2.09. The van der Waals surface area contributed by atoms with Crippen molar-refractivity contribution in [2.24, 2.45) is 0 Å². The second-order valence-corrected chi connectivity index (χ2v) is 4.65. The SMILES string of the molecule is CCC(C)(C)NCC(=O)Nc1ccc(F)cc1. The van der Waals surface area contributed by atoms with Gasteiger partial charge in [0, 0.05) is 11.2 Å². The molecule has 4 heteroatoms. The van der Waals surface area contributed by atoms with Gasteiger partial charge < -0.3 is 10.6 Å². The van der Waals surface area contributed by atoms with E-state index in [9.17, 15) is 9.18 Å². The summed E-state index contributed by atoms with van der Waals surface area (Å²) in [4.78, 5) is 11.6. The van der Waals surface area contributed by atoms with E-state index in [1.807, 2.05) is 13.8 Å². The molecule has 0 aliphatic heterocycles. The van der Waals surface area contributed by atoms with Gasteiger partial charge in [-0.2, -0.15) is 0 Å². The predicted octanol–water partition coefficient (Wildman–Crippen LogP) is 2.54. The van der Waals surface area contributed by atoms with Gasteiger partial charge in [-0.1, -0.05) is 6.92 Å². The first-order valence-corrected chi connectivity index (χ1v) is 5.73. The molecule has 2 N–H and O–H groups in total. The van der Waals surface area contributed by atoms with Crippen molar-refractivity contribution >= 4 is 11.6 Å². The van der Waals surface area contributed by atoms with Crippen LogP contribution in [0, 0.1) is 5.82 Å². The number of rotatable bonds is 5. The van der Waals surface area contributed by atoms with E-state index < -0.39 is 0 Å². The topological polar surface area (TPSA) is 41.1 Å². The molecule has 0 aromatic heterocycles. The summed E-state index contributed by atoms with van der Waals surface area (Å²) in [6, 6.07) is 5.72. The van der Waals surface area contributed by atoms with Gasteiger partial charge in [-0.3, -0.25) is 4.79 Å². The molecule has 3 nitrogen and oxygen atoms in total. The molecule has 1 aromatic rings. The van der Waals surface area contributed by atoms with Crippen molar-refractivity contribution in [3.8, 4) is 0 Å². The molecule has 0 aliphatic carbocycles. The first-order valence-electron chi connectivity index (χ1n) is 5.73. The maximum Gasteiger partial charge on any atom is 0.238 e. The van der Waals surface area contributed by atoms with Crippen LogP contribution >= 0.6 is 0 Å². The van der Waals surface area contributed by atoms with Crippen molar-refractivity contribution in [1.82, 2.24) is 5.32 Å². The normalized spacial score (nSPS) is 11.3. The Balaban J connectivity index is 2.42. The van der Waals surface area contributed by atoms with E-state index >= 15 is 0 Å². The zero-order valence-corrected chi connectivity index (χ0v) is 10.5. The Morgan fingerprint density at radius 3 is 2.41 bits per heavy atom. The molecule has 0 atom stereocenters. The van der Waals surface area contributed by atoms with Crippen molar-refractivity contribution in [3.63, 3.8) is 0 Å². The van der Waals surface area contributed by atoms with Gasteiger partial charge in [0.15, 0.2) is 0 Å². The van der Waals surface area contributed by atoms with Crippen molar-refractivity contribution in [2.45, 2.75) is 32.7 Å². The van der Waals surface area contributed by atoms with Crippen LogP contribution < -0.4 is 10.6 Å². The molecule has 1 aromatic carbocycles. The van der Waals surface area contributed by atoms with Crippen LogP contribution in [0.1, 0.15) is 27.2 Å². The summed E-state index contributed by atoms with van der Waals surface area (Å²) in [6.45, 7) is 6.39. The van der Waals surface area contributed by atoms with Crippen LogP contribution in [0.25, 0.3) is 0 Å². The molecule has 0 bridgehead atoms. The van der Waals surface area contributed by atoms with E-state index in [0.717, 1.165) is 6.42 Å². The van der Waals surface area contributed by atoms with E-state index in [1.165, 1.54) is 24.3 Å². The molecule has 0 spiro atoms. The summed E-state index contributed by atoms with van der Waals surface area (Å²) in [6.07, 6.45) is 0.941. The number of carbonyl (C=O) groups is 1. The lowest BCUT2D eigenvalue weighted by Crippen LogP contribution is -2.43. The number of halogens is 1. The summed E-state index contributed by atoms with van der Waals surface area (Å²) < 4.78 is 12.6. The fraction of sp³-hybridized carbons (Fsp3) is 0.462. The highest BCUT2D eigenvalue weighted by molar-refractivity contribution is 5.92. The minimum Gasteiger partial charge on any atom is -0.325 e. The van der Waals surface area contributed by atoms with Crippen molar-refractivity contribution < 1.29 is 9.18 Å². The highest BCUT2D eigenvalue weighted by atomic mass is 19.1. The second-order valence-electron chi connectivity index (χ2n) is 4.65. The number of nitrogens with one attached hydrogen (secondary N) is 2. The first kappa shape index (κ1) is 13.6. The molecule has 0 radical (unpaired) electrons. The lowest BCUT2D eigenvalue weighted by atomic mass is 10.0. The summed E-state index contributed by atoms with van der Waals surface area (Å²) in [7, 11) is 0. The summed E-state index contributed by atoms with van der Waals surface area (Å²) >= 11 is 0. The molecule has 0 heterocycles. The summed E-state index contributed by atoms with van der Waals surface area (Å²) in [5.74, 6) is -0.439. The maximum atomic E-state index is 12.6. The summed E-state index contributed by atoms with van der Waals surface area (Å²) in [5.41, 5.74) is 0.549. The molecule has 1 amide bonds. The highest BCUT2D eigenvalue weighted by Gasteiger charge is 2.15. The monoisotopic (exact) mass is 238 g/mol. The molecular weight excluding hydrogens is 219 g/mol. The Labute approximate surface area is 101 Å². The molecule has 0 aliphatic rings. The lowest BCUT2D eigenvalue weighted by Gasteiger charge is -2.24. The van der Waals surface area contributed by atoms with Gasteiger partial charge in [-0.05, 0) is 44.5 Å². The zero-order valence-electron chi connectivity index (χ0n) is 10.5. The molecule has 0 fully saturated rings. The third-order valence-corrected chi connectivity index (χ3v) is 2.74. The van der Waals surface area contributed by atoms with Gasteiger partial charge in [-0.25, -0.2) is 4.39 Å². The average molecular weight is 238 g/mol. The van der Waals surface area contributed by atoms with Gasteiger partial charge in [0.05, 0.1) is 6.54 Å². The van der Waals surface area contributed by atoms with E-state index in [0.29, 0.717) is 5.69 Å². The average Bonchev–Trinajstić information content (AvgIpc) is 2.30. The van der Waals surface area contributed by atoms with E-state index in [-0.39, 0.29) is 23.8 Å². The quantitative estimate of drug-likeness (QED) is 0.827. The van der Waals surface area contributed by atoms with Crippen molar-refractivity contribution in [1.29, 1.82) is 0 Å². The third-order valence-electron chi connectivity index (χ3n) is 2.74. The minimum absolute atomic E-state index is 0.0554. The van der Waals surface area contributed by atoms with Crippen LogP contribution in [0.2, 0.25) is 0 Å². The van der Waals surface area contributed by atoms with Crippen LogP contribution in [0.3, 0.4) is 0 Å². The van der Waals surface area contributed by atoms with Crippen LogP contribution in [-0.4, -0.2) is 18.0 Å². The van der Waals surface area contributed by atoms with Gasteiger partial charge in [-0.15, -0.1) is 0 Å². The fourth-order valence-corrected chi connectivity index (χ4v) is 1.18. The van der Waals surface area contributed by atoms with E-state index in [1.54, 1.807) is 0 Å². The molecule has 0 saturated heterocycles. The fourth-order valence-electron chi connectivity index (χ4n) is 1.18. The number of carbonyl (C=O) groups excluding carboxylic acids is 1. The van der Waals surface area contributed by atoms with Crippen LogP contribution in [0.15, 0.2) is 24.3 Å². The van der Waals surface area contributed by atoms with Crippen molar-refractivity contribution in [3.05, 3.63) is 30.1 Å². The third kappa shape index (κ3) is 4.95. The Kier molecular flexibility index (Phi) is 4.63. The Morgan fingerprint density at radius 1 is 1.29 bits per heavy atom. The number of hydrogen-bond donors (Lipinski definition) is 2. The van der Waals surface area contributed by atoms with Gasteiger partial charge in [0.25, 0.3) is 0 Å². The molecule has 1 rings (SSSR count). The maximum absolute atomic E-state index is 12.6. The number of hydrogen-bond acceptors (Lipinski definition) is 2. The van der Waals surface area contributed by atoms with Gasteiger partial charge >= 0.3 is 0 Å². The zero-order chi connectivity index (χ0) is 12.9. The van der Waals surface area contributed by atoms with Crippen LogP contribution in [-0.2, 0) is 4.79 Å². The van der Waals surface area contributed by atoms with Crippen LogP contribution in [0.5, 0.6) is 0 Å². The molecular formula is C13H19FN2O. The second kappa shape index (κ2) is 5.77. The minimum atomic E-state index is -0.312. The lowest BCUT2D eigenvalue weighted by molar-refractivity contribution is -0.115. The first-order chi connectivity index (χ1) is 7.93. The number of amides is 1. The number of benzene rings is 1. The summed E-state index contributed by atoms with van der Waals surface area (Å²) in [5, 5.41) is 5.85.